The highest BCUT2D eigenvalue weighted by molar-refractivity contribution is 5.31. The van der Waals surface area contributed by atoms with Crippen LogP contribution in [0.25, 0.3) is 0 Å². The molecule has 0 saturated heterocycles. The third kappa shape index (κ3) is 14.4. The van der Waals surface area contributed by atoms with E-state index < -0.39 is 13.0 Å². The predicted molar refractivity (Wildman–Crippen MR) is 108 cm³/mol. The van der Waals surface area contributed by atoms with Crippen molar-refractivity contribution in [1.29, 1.82) is 0 Å². The van der Waals surface area contributed by atoms with Crippen LogP contribution < -0.4 is 9.47 Å². The van der Waals surface area contributed by atoms with Gasteiger partial charge in [-0.25, -0.2) is 0 Å². The van der Waals surface area contributed by atoms with Crippen molar-refractivity contribution in [2.75, 3.05) is 0 Å². The lowest BCUT2D eigenvalue weighted by atomic mass is 10.0. The molecule has 2 aromatic rings. The zero-order valence-corrected chi connectivity index (χ0v) is 18.0. The molecule has 0 aliphatic carbocycles. The van der Waals surface area contributed by atoms with Gasteiger partial charge in [-0.1, -0.05) is 71.9 Å². The van der Waals surface area contributed by atoms with Crippen LogP contribution in [0.5, 0.6) is 11.5 Å². The Labute approximate surface area is 170 Å². The Hall–Kier alpha value is -2.31. The second-order valence-electron chi connectivity index (χ2n) is 5.42. The molecule has 0 bridgehead atoms. The van der Waals surface area contributed by atoms with Crippen molar-refractivity contribution in [2.45, 2.75) is 67.4 Å². The molecule has 0 fully saturated rings. The fraction of sp³-hybridized carbons (Fsp3) is 0.455. The van der Waals surface area contributed by atoms with E-state index in [1.807, 2.05) is 41.5 Å². The van der Waals surface area contributed by atoms with Crippen molar-refractivity contribution < 1.29 is 31.4 Å². The Balaban J connectivity index is 0. The maximum Gasteiger partial charge on any atom is 0.573 e. The van der Waals surface area contributed by atoms with E-state index in [9.17, 15) is 22.0 Å². The molecule has 0 spiro atoms. The summed E-state index contributed by atoms with van der Waals surface area (Å²) in [7, 11) is 0. The molecule has 0 aliphatic rings. The molecular weight excluding hydrogens is 391 g/mol. The van der Waals surface area contributed by atoms with E-state index in [-0.39, 0.29) is 11.5 Å². The van der Waals surface area contributed by atoms with Crippen LogP contribution in [0, 0.1) is 6.92 Å². The van der Waals surface area contributed by atoms with Gasteiger partial charge < -0.3 is 9.47 Å². The normalized spacial score (nSPS) is 10.0. The van der Waals surface area contributed by atoms with E-state index in [1.54, 1.807) is 37.3 Å². The Morgan fingerprint density at radius 2 is 1.28 bits per heavy atom. The lowest BCUT2D eigenvalue weighted by molar-refractivity contribution is -0.274. The van der Waals surface area contributed by atoms with Crippen LogP contribution in [0.15, 0.2) is 48.5 Å². The van der Waals surface area contributed by atoms with Gasteiger partial charge >= 0.3 is 13.0 Å². The first-order valence-corrected chi connectivity index (χ1v) is 9.44. The fourth-order valence-electron chi connectivity index (χ4n) is 1.84. The van der Waals surface area contributed by atoms with Gasteiger partial charge in [-0.15, -0.1) is 13.2 Å². The number of alkyl halides is 5. The van der Waals surface area contributed by atoms with Crippen molar-refractivity contribution in [1.82, 2.24) is 0 Å². The molecule has 7 heteroatoms. The minimum absolute atomic E-state index is 0.179. The van der Waals surface area contributed by atoms with E-state index >= 15 is 0 Å². The summed E-state index contributed by atoms with van der Waals surface area (Å²) < 4.78 is 66.6. The number of ether oxygens (including phenoxy) is 2. The van der Waals surface area contributed by atoms with Crippen LogP contribution in [0.1, 0.15) is 58.6 Å². The summed E-state index contributed by atoms with van der Waals surface area (Å²) >= 11 is 0. The standard InChI is InChI=1S/C10H11F3O.C8H8F2O.2C2H6/c1-7(2)8-3-5-9(6-4-8)14-10(11,12)13;1-6-4-2-3-5-7(6)11-8(9)10;2*1-2/h3-7H,1-2H3;2-5,8H,1H3;2*1-2H3. The molecule has 2 rings (SSSR count). The molecule has 29 heavy (non-hydrogen) atoms. The smallest absolute Gasteiger partial charge is 0.435 e. The lowest BCUT2D eigenvalue weighted by Crippen LogP contribution is -2.17. The van der Waals surface area contributed by atoms with Gasteiger partial charge in [0.2, 0.25) is 0 Å². The molecule has 0 aliphatic heterocycles. The molecule has 0 atom stereocenters. The largest absolute Gasteiger partial charge is 0.573 e. The van der Waals surface area contributed by atoms with E-state index in [0.29, 0.717) is 11.5 Å². The van der Waals surface area contributed by atoms with Crippen LogP contribution >= 0.6 is 0 Å². The number of hydrogen-bond acceptors (Lipinski definition) is 2. The number of rotatable bonds is 4. The quantitative estimate of drug-likeness (QED) is 0.461. The topological polar surface area (TPSA) is 18.5 Å². The van der Waals surface area contributed by atoms with Gasteiger partial charge in [-0.3, -0.25) is 0 Å². The number of aryl methyl sites for hydroxylation is 1. The molecule has 0 unspecified atom stereocenters. The second-order valence-corrected chi connectivity index (χ2v) is 5.42. The van der Waals surface area contributed by atoms with Crippen LogP contribution in [0.4, 0.5) is 22.0 Å². The van der Waals surface area contributed by atoms with Crippen LogP contribution in [-0.2, 0) is 0 Å². The Bertz CT molecular complexity index is 638. The third-order valence-corrected chi connectivity index (χ3v) is 3.09. The molecule has 2 nitrogen and oxygen atoms in total. The van der Waals surface area contributed by atoms with Gasteiger partial charge in [-0.2, -0.15) is 8.78 Å². The summed E-state index contributed by atoms with van der Waals surface area (Å²) in [6, 6.07) is 12.6. The summed E-state index contributed by atoms with van der Waals surface area (Å²) in [5.41, 5.74) is 1.70. The van der Waals surface area contributed by atoms with Gasteiger partial charge in [0.05, 0.1) is 0 Å². The average molecular weight is 422 g/mol. The molecule has 0 heterocycles. The van der Waals surface area contributed by atoms with Gasteiger partial charge in [0.25, 0.3) is 0 Å². The maximum atomic E-state index is 11.8. The first-order valence-electron chi connectivity index (χ1n) is 9.44. The summed E-state index contributed by atoms with van der Waals surface area (Å²) in [6.07, 6.45) is -4.61. The Kier molecular flexibility index (Phi) is 15.5. The zero-order chi connectivity index (χ0) is 23.0. The van der Waals surface area contributed by atoms with Gasteiger partial charge in [0, 0.05) is 0 Å². The Morgan fingerprint density at radius 3 is 1.66 bits per heavy atom. The van der Waals surface area contributed by atoms with Crippen molar-refractivity contribution in [3.8, 4) is 11.5 Å². The number of halogens is 5. The minimum Gasteiger partial charge on any atom is -0.435 e. The first-order chi connectivity index (χ1) is 13.6. The van der Waals surface area contributed by atoms with Crippen LogP contribution in [0.2, 0.25) is 0 Å². The molecule has 0 aromatic heterocycles. The molecule has 0 saturated carbocycles. The average Bonchev–Trinajstić information content (AvgIpc) is 2.66. The summed E-state index contributed by atoms with van der Waals surface area (Å²) in [4.78, 5) is 0. The van der Waals surface area contributed by atoms with Crippen LogP contribution in [0.3, 0.4) is 0 Å². The zero-order valence-electron chi connectivity index (χ0n) is 18.0. The molecule has 0 amide bonds. The van der Waals surface area contributed by atoms with E-state index in [4.69, 9.17) is 0 Å². The van der Waals surface area contributed by atoms with E-state index in [1.165, 1.54) is 18.2 Å². The summed E-state index contributed by atoms with van der Waals surface area (Å²) in [6.45, 7) is 10.9. The van der Waals surface area contributed by atoms with Crippen molar-refractivity contribution >= 4 is 0 Å². The van der Waals surface area contributed by atoms with Gasteiger partial charge in [-0.05, 0) is 42.2 Å². The van der Waals surface area contributed by atoms with Crippen molar-refractivity contribution in [2.24, 2.45) is 0 Å². The SMILES string of the molecule is CC.CC.CC(C)c1ccc(OC(F)(F)F)cc1.Cc1ccccc1OC(F)F. The number of para-hydroxylation sites is 1. The van der Waals surface area contributed by atoms with Crippen molar-refractivity contribution in [3.05, 3.63) is 59.7 Å². The highest BCUT2D eigenvalue weighted by atomic mass is 19.4. The molecule has 0 radical (unpaired) electrons. The van der Waals surface area contributed by atoms with Gasteiger partial charge in [0.1, 0.15) is 11.5 Å². The van der Waals surface area contributed by atoms with Crippen LogP contribution in [-0.4, -0.2) is 13.0 Å². The van der Waals surface area contributed by atoms with Crippen molar-refractivity contribution in [3.63, 3.8) is 0 Å². The lowest BCUT2D eigenvalue weighted by Gasteiger charge is -2.10. The summed E-state index contributed by atoms with van der Waals surface area (Å²) in [5, 5.41) is 0. The molecule has 0 N–H and O–H groups in total. The van der Waals surface area contributed by atoms with E-state index in [0.717, 1.165) is 5.56 Å². The molecular formula is C22H31F5O2. The highest BCUT2D eigenvalue weighted by Gasteiger charge is 2.30. The monoisotopic (exact) mass is 422 g/mol. The highest BCUT2D eigenvalue weighted by Crippen LogP contribution is 2.24. The number of hydrogen-bond donors (Lipinski definition) is 0. The Morgan fingerprint density at radius 1 is 0.793 bits per heavy atom. The maximum absolute atomic E-state index is 11.8. The second kappa shape index (κ2) is 15.6. The molecule has 2 aromatic carbocycles. The predicted octanol–water partition coefficient (Wildman–Crippen LogP) is 8.36. The van der Waals surface area contributed by atoms with E-state index in [2.05, 4.69) is 9.47 Å². The summed E-state index contributed by atoms with van der Waals surface area (Å²) in [5.74, 6) is 0.360. The van der Waals surface area contributed by atoms with Gasteiger partial charge in [0.15, 0.2) is 0 Å². The third-order valence-electron chi connectivity index (χ3n) is 3.09. The first kappa shape index (κ1) is 28.9. The number of benzene rings is 2. The minimum atomic E-state index is -4.61. The molecule has 166 valence electrons. The fourth-order valence-corrected chi connectivity index (χ4v) is 1.84.